The number of ether oxygens (including phenoxy) is 2. The molecular weight excluding hydrogens is 412 g/mol. The van der Waals surface area contributed by atoms with Crippen LogP contribution in [0.1, 0.15) is 17.5 Å². The van der Waals surface area contributed by atoms with Crippen LogP contribution in [-0.2, 0) is 16.1 Å². The average Bonchev–Trinajstić information content (AvgIpc) is 3.18. The Morgan fingerprint density at radius 1 is 1.22 bits per heavy atom. The van der Waals surface area contributed by atoms with Crippen molar-refractivity contribution in [1.29, 1.82) is 0 Å². The van der Waals surface area contributed by atoms with Gasteiger partial charge in [0.15, 0.2) is 11.5 Å². The molecule has 0 aliphatic carbocycles. The van der Waals surface area contributed by atoms with Crippen molar-refractivity contribution < 1.29 is 19.1 Å². The van der Waals surface area contributed by atoms with Gasteiger partial charge < -0.3 is 19.6 Å². The number of benzene rings is 2. The first kappa shape index (κ1) is 19.2. The van der Waals surface area contributed by atoms with Crippen LogP contribution in [-0.4, -0.2) is 38.5 Å². The van der Waals surface area contributed by atoms with E-state index in [2.05, 4.69) is 26.4 Å². The van der Waals surface area contributed by atoms with Gasteiger partial charge >= 0.3 is 0 Å². The lowest BCUT2D eigenvalue weighted by Gasteiger charge is -2.11. The highest BCUT2D eigenvalue weighted by atomic mass is 79.9. The Bertz CT molecular complexity index is 854. The van der Waals surface area contributed by atoms with Crippen molar-refractivity contribution in [2.45, 2.75) is 18.9 Å². The van der Waals surface area contributed by atoms with Gasteiger partial charge in [-0.15, -0.1) is 0 Å². The van der Waals surface area contributed by atoms with E-state index < -0.39 is 6.10 Å². The number of nitrogens with zero attached hydrogens (tertiary/aromatic N) is 1. The zero-order valence-corrected chi connectivity index (χ0v) is 16.8. The van der Waals surface area contributed by atoms with E-state index >= 15 is 0 Å². The smallest absolute Gasteiger partial charge is 0.264 e. The number of oxime groups is 1. The van der Waals surface area contributed by atoms with Crippen LogP contribution in [0.5, 0.6) is 11.5 Å². The van der Waals surface area contributed by atoms with E-state index in [1.54, 1.807) is 14.2 Å². The predicted octanol–water partition coefficient (Wildman–Crippen LogP) is 3.32. The number of carbonyl (C=O) groups excluding carboxylic acids is 1. The van der Waals surface area contributed by atoms with Crippen LogP contribution in [0.3, 0.4) is 0 Å². The van der Waals surface area contributed by atoms with Gasteiger partial charge in [-0.1, -0.05) is 39.3 Å². The normalized spacial score (nSPS) is 15.7. The Morgan fingerprint density at radius 2 is 2.04 bits per heavy atom. The highest BCUT2D eigenvalue weighted by Gasteiger charge is 2.28. The topological polar surface area (TPSA) is 69.2 Å². The highest BCUT2D eigenvalue weighted by Crippen LogP contribution is 2.27. The minimum Gasteiger partial charge on any atom is -0.493 e. The third-order valence-corrected chi connectivity index (χ3v) is 4.77. The fourth-order valence-electron chi connectivity index (χ4n) is 2.84. The van der Waals surface area contributed by atoms with E-state index in [0.717, 1.165) is 21.3 Å². The van der Waals surface area contributed by atoms with Gasteiger partial charge in [0.1, 0.15) is 0 Å². The predicted molar refractivity (Wildman–Crippen MR) is 106 cm³/mol. The molecule has 0 aromatic heterocycles. The minimum absolute atomic E-state index is 0.163. The molecule has 1 unspecified atom stereocenters. The molecule has 3 rings (SSSR count). The number of hydrogen-bond donors (Lipinski definition) is 1. The van der Waals surface area contributed by atoms with Crippen molar-refractivity contribution in [1.82, 2.24) is 5.32 Å². The lowest BCUT2D eigenvalue weighted by molar-refractivity contribution is -0.131. The summed E-state index contributed by atoms with van der Waals surface area (Å²) in [6.07, 6.45) is 0.543. The molecule has 6 nitrogen and oxygen atoms in total. The minimum atomic E-state index is -0.593. The van der Waals surface area contributed by atoms with Gasteiger partial charge in [0, 0.05) is 23.0 Å². The summed E-state index contributed by atoms with van der Waals surface area (Å²) in [6, 6.07) is 13.5. The van der Waals surface area contributed by atoms with Gasteiger partial charge in [0.25, 0.3) is 5.91 Å². The van der Waals surface area contributed by atoms with Crippen LogP contribution >= 0.6 is 15.9 Å². The molecule has 1 N–H and O–H groups in total. The number of halogens is 1. The zero-order chi connectivity index (χ0) is 19.2. The third kappa shape index (κ3) is 4.80. The second-order valence-corrected chi connectivity index (χ2v) is 6.99. The fourth-order valence-corrected chi connectivity index (χ4v) is 3.24. The van der Waals surface area contributed by atoms with Crippen LogP contribution in [0.25, 0.3) is 0 Å². The quantitative estimate of drug-likeness (QED) is 0.728. The molecule has 142 valence electrons. The van der Waals surface area contributed by atoms with E-state index in [0.29, 0.717) is 30.9 Å². The Hall–Kier alpha value is -2.54. The molecule has 1 amide bonds. The van der Waals surface area contributed by atoms with Gasteiger partial charge in [0.05, 0.1) is 19.9 Å². The maximum Gasteiger partial charge on any atom is 0.264 e. The molecule has 1 aliphatic heterocycles. The van der Waals surface area contributed by atoms with Crippen LogP contribution in [0, 0.1) is 0 Å². The van der Waals surface area contributed by atoms with E-state index in [1.807, 2.05) is 42.5 Å². The average molecular weight is 433 g/mol. The lowest BCUT2D eigenvalue weighted by Crippen LogP contribution is -2.36. The summed E-state index contributed by atoms with van der Waals surface area (Å²) in [7, 11) is 3.20. The number of nitrogens with one attached hydrogen (secondary N) is 1. The molecule has 2 aromatic rings. The number of methoxy groups -OCH3 is 2. The number of carbonyl (C=O) groups is 1. The summed E-state index contributed by atoms with van der Waals surface area (Å²) in [5.74, 6) is 1.19. The van der Waals surface area contributed by atoms with Crippen LogP contribution in [0.2, 0.25) is 0 Å². The van der Waals surface area contributed by atoms with Crippen molar-refractivity contribution in [3.05, 3.63) is 58.1 Å². The largest absolute Gasteiger partial charge is 0.493 e. The molecule has 1 aliphatic rings. The summed E-state index contributed by atoms with van der Waals surface area (Å²) in [4.78, 5) is 17.7. The second kappa shape index (κ2) is 8.90. The fraction of sp³-hybridized carbons (Fsp3) is 0.300. The number of rotatable bonds is 7. The molecule has 0 bridgehead atoms. The molecule has 2 aromatic carbocycles. The summed E-state index contributed by atoms with van der Waals surface area (Å²) in [5.41, 5.74) is 2.77. The molecule has 27 heavy (non-hydrogen) atoms. The molecule has 7 heteroatoms. The van der Waals surface area contributed by atoms with E-state index in [9.17, 15) is 4.79 Å². The second-order valence-electron chi connectivity index (χ2n) is 6.08. The van der Waals surface area contributed by atoms with Gasteiger partial charge in [-0.3, -0.25) is 4.79 Å². The molecule has 0 fully saturated rings. The summed E-state index contributed by atoms with van der Waals surface area (Å²) < 4.78 is 11.5. The standard InChI is InChI=1S/C20H21BrN2O4/c1-25-17-7-6-13(10-18(17)26-2)8-9-22-20(24)19-12-16(23-27-19)14-4-3-5-15(21)11-14/h3-7,10-11,19H,8-9,12H2,1-2H3,(H,22,24). The molecule has 1 atom stereocenters. The van der Waals surface area contributed by atoms with Gasteiger partial charge in [-0.25, -0.2) is 0 Å². The summed E-state index contributed by atoms with van der Waals surface area (Å²) in [6.45, 7) is 0.500. The Labute approximate surface area is 166 Å². The van der Waals surface area contributed by atoms with Crippen LogP contribution < -0.4 is 14.8 Å². The third-order valence-electron chi connectivity index (χ3n) is 4.28. The first-order valence-corrected chi connectivity index (χ1v) is 9.37. The highest BCUT2D eigenvalue weighted by molar-refractivity contribution is 9.10. The SMILES string of the molecule is COc1ccc(CCNC(=O)C2CC(c3cccc(Br)c3)=NO2)cc1OC. The Balaban J connectivity index is 1.49. The van der Waals surface area contributed by atoms with Crippen molar-refractivity contribution in [3.8, 4) is 11.5 Å². The van der Waals surface area contributed by atoms with Gasteiger partial charge in [-0.2, -0.15) is 0 Å². The summed E-state index contributed by atoms with van der Waals surface area (Å²) in [5, 5.41) is 6.97. The van der Waals surface area contributed by atoms with Crippen molar-refractivity contribution in [2.75, 3.05) is 20.8 Å². The van der Waals surface area contributed by atoms with E-state index in [4.69, 9.17) is 14.3 Å². The molecule has 0 radical (unpaired) electrons. The maximum absolute atomic E-state index is 12.3. The van der Waals surface area contributed by atoms with Crippen molar-refractivity contribution in [3.63, 3.8) is 0 Å². The molecule has 0 saturated carbocycles. The summed E-state index contributed by atoms with van der Waals surface area (Å²) >= 11 is 3.44. The number of hydrogen-bond acceptors (Lipinski definition) is 5. The van der Waals surface area contributed by atoms with Crippen molar-refractivity contribution >= 4 is 27.5 Å². The van der Waals surface area contributed by atoms with E-state index in [-0.39, 0.29) is 5.91 Å². The molecule has 0 spiro atoms. The first-order chi connectivity index (χ1) is 13.1. The Morgan fingerprint density at radius 3 is 2.78 bits per heavy atom. The first-order valence-electron chi connectivity index (χ1n) is 8.58. The molecule has 1 heterocycles. The maximum atomic E-state index is 12.3. The lowest BCUT2D eigenvalue weighted by atomic mass is 10.0. The van der Waals surface area contributed by atoms with Gasteiger partial charge in [-0.05, 0) is 36.2 Å². The molecular formula is C20H21BrN2O4. The van der Waals surface area contributed by atoms with Gasteiger partial charge in [0.2, 0.25) is 6.10 Å². The molecule has 0 saturated heterocycles. The zero-order valence-electron chi connectivity index (χ0n) is 15.2. The van der Waals surface area contributed by atoms with Crippen LogP contribution in [0.4, 0.5) is 0 Å². The van der Waals surface area contributed by atoms with Crippen molar-refractivity contribution in [2.24, 2.45) is 5.16 Å². The number of amides is 1. The monoisotopic (exact) mass is 432 g/mol. The Kier molecular flexibility index (Phi) is 6.34. The van der Waals surface area contributed by atoms with Crippen LogP contribution in [0.15, 0.2) is 52.1 Å². The van der Waals surface area contributed by atoms with E-state index in [1.165, 1.54) is 0 Å².